The number of carbonyl (C=O) groups excluding carboxylic acids is 2. The van der Waals surface area contributed by atoms with Gasteiger partial charge in [-0.2, -0.15) is 5.10 Å². The van der Waals surface area contributed by atoms with Crippen molar-refractivity contribution in [2.75, 3.05) is 42.9 Å². The molecule has 0 spiro atoms. The number of urea groups is 1. The highest BCUT2D eigenvalue weighted by Gasteiger charge is 2.28. The Kier molecular flexibility index (Phi) is 8.04. The molecule has 218 valence electrons. The summed E-state index contributed by atoms with van der Waals surface area (Å²) in [5.41, 5.74) is 4.25. The first kappa shape index (κ1) is 28.6. The number of benzene rings is 2. The molecule has 2 aliphatic rings. The number of rotatable bonds is 5. The molecule has 3 amide bonds. The first-order chi connectivity index (χ1) is 19.5. The predicted molar refractivity (Wildman–Crippen MR) is 159 cm³/mol. The van der Waals surface area contributed by atoms with Gasteiger partial charge in [-0.25, -0.2) is 9.18 Å². The monoisotopic (exact) mass is 561 g/mol. The van der Waals surface area contributed by atoms with Gasteiger partial charge in [0, 0.05) is 56.5 Å². The van der Waals surface area contributed by atoms with Crippen molar-refractivity contribution < 1.29 is 14.0 Å². The zero-order chi connectivity index (χ0) is 29.3. The molecule has 2 aliphatic heterocycles. The van der Waals surface area contributed by atoms with Crippen LogP contribution in [0.3, 0.4) is 0 Å². The van der Waals surface area contributed by atoms with E-state index < -0.39 is 5.82 Å². The van der Waals surface area contributed by atoms with Crippen LogP contribution >= 0.6 is 0 Å². The number of nitrogens with one attached hydrogen (secondary N) is 2. The second kappa shape index (κ2) is 11.5. The molecule has 0 unspecified atom stereocenters. The van der Waals surface area contributed by atoms with Crippen LogP contribution in [0.2, 0.25) is 0 Å². The van der Waals surface area contributed by atoms with E-state index in [1.165, 1.54) is 6.07 Å². The van der Waals surface area contributed by atoms with Crippen molar-refractivity contribution in [2.24, 2.45) is 12.5 Å². The Bertz CT molecular complexity index is 1440. The molecule has 41 heavy (non-hydrogen) atoms. The second-order valence-corrected chi connectivity index (χ2v) is 12.2. The maximum atomic E-state index is 15.2. The highest BCUT2D eigenvalue weighted by molar-refractivity contribution is 6.08. The van der Waals surface area contributed by atoms with Gasteiger partial charge in [-0.05, 0) is 49.1 Å². The Labute approximate surface area is 241 Å². The molecule has 1 fully saturated rings. The molecule has 0 saturated carbocycles. The first-order valence-corrected chi connectivity index (χ1v) is 14.2. The third kappa shape index (κ3) is 6.37. The van der Waals surface area contributed by atoms with E-state index in [1.807, 2.05) is 32.2 Å². The summed E-state index contributed by atoms with van der Waals surface area (Å²) >= 11 is 0. The van der Waals surface area contributed by atoms with Crippen LogP contribution in [0.5, 0.6) is 0 Å². The van der Waals surface area contributed by atoms with E-state index in [0.717, 1.165) is 54.4 Å². The number of nitrogens with zero attached hydrogens (tertiary/aromatic N) is 5. The van der Waals surface area contributed by atoms with Crippen molar-refractivity contribution in [3.8, 4) is 0 Å². The molecule has 10 heteroatoms. The lowest BCUT2D eigenvalue weighted by Crippen LogP contribution is -2.52. The Hall–Kier alpha value is -3.92. The van der Waals surface area contributed by atoms with E-state index in [2.05, 4.69) is 41.4 Å². The summed E-state index contributed by atoms with van der Waals surface area (Å²) < 4.78 is 17.0. The number of hydrogen-bond donors (Lipinski definition) is 2. The molecular formula is C31H40FN7O2. The first-order valence-electron chi connectivity index (χ1n) is 14.2. The smallest absolute Gasteiger partial charge is 0.317 e. The van der Waals surface area contributed by atoms with Gasteiger partial charge in [-0.15, -0.1) is 0 Å². The summed E-state index contributed by atoms with van der Waals surface area (Å²) in [7, 11) is 1.85. The van der Waals surface area contributed by atoms with Gasteiger partial charge in [-0.1, -0.05) is 39.0 Å². The average molecular weight is 562 g/mol. The topological polar surface area (TPSA) is 85.7 Å². The summed E-state index contributed by atoms with van der Waals surface area (Å²) in [6.45, 7) is 13.0. The molecule has 1 saturated heterocycles. The summed E-state index contributed by atoms with van der Waals surface area (Å²) in [6.07, 6.45) is 2.85. The van der Waals surface area contributed by atoms with Crippen LogP contribution in [0, 0.1) is 18.2 Å². The summed E-state index contributed by atoms with van der Waals surface area (Å²) in [4.78, 5) is 32.3. The molecule has 9 nitrogen and oxygen atoms in total. The average Bonchev–Trinajstić information content (AvgIpc) is 3.18. The zero-order valence-electron chi connectivity index (χ0n) is 24.6. The minimum atomic E-state index is -0.525. The number of fused-ring (bicyclic) bond motifs is 2. The molecule has 1 aromatic heterocycles. The second-order valence-electron chi connectivity index (χ2n) is 12.2. The van der Waals surface area contributed by atoms with Crippen LogP contribution in [0.4, 0.5) is 26.4 Å². The quantitative estimate of drug-likeness (QED) is 0.456. The van der Waals surface area contributed by atoms with E-state index in [-0.39, 0.29) is 29.5 Å². The van der Waals surface area contributed by atoms with Gasteiger partial charge in [0.05, 0.1) is 24.1 Å². The van der Waals surface area contributed by atoms with Crippen molar-refractivity contribution in [3.05, 3.63) is 70.7 Å². The minimum absolute atomic E-state index is 0.0537. The number of halogens is 1. The number of carbonyl (C=O) groups is 2. The highest BCUT2D eigenvalue weighted by Crippen LogP contribution is 2.38. The van der Waals surface area contributed by atoms with Crippen LogP contribution < -0.4 is 15.5 Å². The third-order valence-electron chi connectivity index (χ3n) is 7.94. The van der Waals surface area contributed by atoms with Gasteiger partial charge in [0.25, 0.3) is 5.91 Å². The van der Waals surface area contributed by atoms with Gasteiger partial charge in [0.1, 0.15) is 11.6 Å². The molecule has 5 rings (SSSR count). The largest absolute Gasteiger partial charge is 0.338 e. The minimum Gasteiger partial charge on any atom is -0.338 e. The highest BCUT2D eigenvalue weighted by atomic mass is 19.1. The van der Waals surface area contributed by atoms with Crippen LogP contribution in [0.1, 0.15) is 54.2 Å². The van der Waals surface area contributed by atoms with Gasteiger partial charge in [-0.3, -0.25) is 14.4 Å². The zero-order valence-corrected chi connectivity index (χ0v) is 24.6. The lowest BCUT2D eigenvalue weighted by Gasteiger charge is -2.35. The van der Waals surface area contributed by atoms with E-state index >= 15 is 4.39 Å². The molecule has 0 radical (unpaired) electrons. The number of amides is 3. The van der Waals surface area contributed by atoms with Crippen LogP contribution in [0.25, 0.3) is 0 Å². The number of aryl methyl sites for hydroxylation is 2. The molecule has 0 aliphatic carbocycles. The van der Waals surface area contributed by atoms with Crippen LogP contribution in [-0.4, -0.2) is 64.2 Å². The van der Waals surface area contributed by atoms with Crippen molar-refractivity contribution in [1.29, 1.82) is 0 Å². The van der Waals surface area contributed by atoms with E-state index in [0.29, 0.717) is 25.2 Å². The SMILES string of the molecule is Cc1cccc2c1Nc1c(cnn1C)CN2C(=O)c1ccc(CNC(=O)N2CCN(CCC(C)(C)C)CC2)c(F)c1. The summed E-state index contributed by atoms with van der Waals surface area (Å²) in [5.74, 6) is -0.0174. The van der Waals surface area contributed by atoms with Crippen molar-refractivity contribution in [3.63, 3.8) is 0 Å². The molecule has 2 aromatic carbocycles. The molecule has 0 bridgehead atoms. The Morgan fingerprint density at radius 3 is 2.56 bits per heavy atom. The lowest BCUT2D eigenvalue weighted by atomic mass is 9.92. The molecule has 3 aromatic rings. The number of para-hydroxylation sites is 1. The fraction of sp³-hybridized carbons (Fsp3) is 0.452. The predicted octanol–water partition coefficient (Wildman–Crippen LogP) is 5.04. The maximum Gasteiger partial charge on any atom is 0.317 e. The van der Waals surface area contributed by atoms with E-state index in [4.69, 9.17) is 0 Å². The molecule has 3 heterocycles. The standard InChI is InChI=1S/C31H40FN7O2/c1-21-7-6-8-26-27(21)35-28-24(19-34-36(28)5)20-39(26)29(40)22-9-10-23(25(32)17-22)18-33-30(41)38-15-13-37(14-16-38)12-11-31(2,3)4/h6-10,17,19,35H,11-16,18,20H2,1-5H3,(H,33,41). The molecule has 0 atom stereocenters. The fourth-order valence-electron chi connectivity index (χ4n) is 5.29. The van der Waals surface area contributed by atoms with E-state index in [9.17, 15) is 9.59 Å². The van der Waals surface area contributed by atoms with Gasteiger partial charge in [0.2, 0.25) is 0 Å². The molecule has 2 N–H and O–H groups in total. The normalized spacial score (nSPS) is 15.6. The van der Waals surface area contributed by atoms with Crippen LogP contribution in [-0.2, 0) is 20.1 Å². The number of hydrogen-bond acceptors (Lipinski definition) is 5. The maximum absolute atomic E-state index is 15.2. The van der Waals surface area contributed by atoms with E-state index in [1.54, 1.807) is 32.8 Å². The number of anilines is 3. The number of aromatic nitrogens is 2. The summed E-state index contributed by atoms with van der Waals surface area (Å²) in [6, 6.07) is 10.0. The fourth-order valence-corrected chi connectivity index (χ4v) is 5.29. The Morgan fingerprint density at radius 2 is 1.85 bits per heavy atom. The Balaban J connectivity index is 1.23. The lowest BCUT2D eigenvalue weighted by molar-refractivity contribution is 0.0985. The van der Waals surface area contributed by atoms with Crippen LogP contribution in [0.15, 0.2) is 42.6 Å². The van der Waals surface area contributed by atoms with Gasteiger partial charge < -0.3 is 20.4 Å². The summed E-state index contributed by atoms with van der Waals surface area (Å²) in [5, 5.41) is 10.6. The Morgan fingerprint density at radius 1 is 1.10 bits per heavy atom. The molecular weight excluding hydrogens is 521 g/mol. The number of piperazine rings is 1. The van der Waals surface area contributed by atoms with Gasteiger partial charge >= 0.3 is 6.03 Å². The third-order valence-corrected chi connectivity index (χ3v) is 7.94. The van der Waals surface area contributed by atoms with Crippen molar-refractivity contribution in [2.45, 2.75) is 47.2 Å². The van der Waals surface area contributed by atoms with Crippen molar-refractivity contribution >= 4 is 29.1 Å². The van der Waals surface area contributed by atoms with Gasteiger partial charge in [0.15, 0.2) is 0 Å². The van der Waals surface area contributed by atoms with Crippen molar-refractivity contribution in [1.82, 2.24) is 24.9 Å².